The molecule has 162 valence electrons. The van der Waals surface area contributed by atoms with Crippen molar-refractivity contribution in [2.45, 2.75) is 19.5 Å². The second-order valence-corrected chi connectivity index (χ2v) is 7.55. The van der Waals surface area contributed by atoms with Gasteiger partial charge in [-0.2, -0.15) is 0 Å². The van der Waals surface area contributed by atoms with Crippen LogP contribution in [0.5, 0.6) is 0 Å². The summed E-state index contributed by atoms with van der Waals surface area (Å²) in [5.74, 6) is -0.545. The predicted molar refractivity (Wildman–Crippen MR) is 120 cm³/mol. The number of hydrogen-bond donors (Lipinski definition) is 0. The molecule has 0 fully saturated rings. The van der Waals surface area contributed by atoms with E-state index in [4.69, 9.17) is 4.74 Å². The van der Waals surface area contributed by atoms with E-state index in [9.17, 15) is 9.18 Å². The zero-order valence-electron chi connectivity index (χ0n) is 17.9. The third-order valence-corrected chi connectivity index (χ3v) is 5.29. The second kappa shape index (κ2) is 9.62. The van der Waals surface area contributed by atoms with Crippen molar-refractivity contribution in [3.05, 3.63) is 90.4 Å². The molecule has 0 spiro atoms. The van der Waals surface area contributed by atoms with Gasteiger partial charge in [-0.25, -0.2) is 9.37 Å². The van der Waals surface area contributed by atoms with Crippen LogP contribution in [-0.2, 0) is 11.3 Å². The normalized spacial score (nSPS) is 12.0. The number of benzene rings is 1. The lowest BCUT2D eigenvalue weighted by Crippen LogP contribution is -2.41. The van der Waals surface area contributed by atoms with E-state index >= 15 is 0 Å². The van der Waals surface area contributed by atoms with Crippen molar-refractivity contribution in [2.75, 3.05) is 13.7 Å². The van der Waals surface area contributed by atoms with Crippen LogP contribution in [0.2, 0.25) is 0 Å². The standard InChI is InChI=1S/C25H23FN4O2/c1-17(16-32-2)30(15-18-3-5-20(26)6-4-18)25(31)24-13-21(19-7-10-27-11-8-19)22-14-28-12-9-23(22)29-24/h3-14,17H,15-16H2,1-2H3/t17-/m1/s1. The highest BCUT2D eigenvalue weighted by Crippen LogP contribution is 2.28. The number of carbonyl (C=O) groups is 1. The lowest BCUT2D eigenvalue weighted by molar-refractivity contribution is 0.0537. The van der Waals surface area contributed by atoms with E-state index in [2.05, 4.69) is 15.0 Å². The van der Waals surface area contributed by atoms with Crippen LogP contribution >= 0.6 is 0 Å². The Kier molecular flexibility index (Phi) is 6.47. The Morgan fingerprint density at radius 1 is 1.06 bits per heavy atom. The quantitative estimate of drug-likeness (QED) is 0.432. The molecule has 0 radical (unpaired) electrons. The summed E-state index contributed by atoms with van der Waals surface area (Å²) >= 11 is 0. The zero-order chi connectivity index (χ0) is 22.5. The van der Waals surface area contributed by atoms with Gasteiger partial charge in [-0.15, -0.1) is 0 Å². The lowest BCUT2D eigenvalue weighted by atomic mass is 10.0. The van der Waals surface area contributed by atoms with Crippen molar-refractivity contribution in [3.63, 3.8) is 0 Å². The number of aromatic nitrogens is 3. The second-order valence-electron chi connectivity index (χ2n) is 7.55. The molecule has 3 aromatic heterocycles. The largest absolute Gasteiger partial charge is 0.383 e. The number of hydrogen-bond acceptors (Lipinski definition) is 5. The van der Waals surface area contributed by atoms with E-state index in [1.165, 1.54) is 12.1 Å². The molecule has 7 heteroatoms. The average Bonchev–Trinajstić information content (AvgIpc) is 2.83. The highest BCUT2D eigenvalue weighted by atomic mass is 19.1. The predicted octanol–water partition coefficient (Wildman–Crippen LogP) is 4.51. The lowest BCUT2D eigenvalue weighted by Gasteiger charge is -2.29. The monoisotopic (exact) mass is 430 g/mol. The summed E-state index contributed by atoms with van der Waals surface area (Å²) in [4.78, 5) is 28.3. The van der Waals surface area contributed by atoms with Crippen molar-refractivity contribution in [2.24, 2.45) is 0 Å². The van der Waals surface area contributed by atoms with E-state index in [-0.39, 0.29) is 17.8 Å². The summed E-state index contributed by atoms with van der Waals surface area (Å²) in [6.45, 7) is 2.59. The number of rotatable bonds is 7. The minimum absolute atomic E-state index is 0.211. The molecule has 3 heterocycles. The first-order valence-corrected chi connectivity index (χ1v) is 10.3. The molecule has 0 aliphatic heterocycles. The first-order valence-electron chi connectivity index (χ1n) is 10.3. The van der Waals surface area contributed by atoms with Crippen molar-refractivity contribution in [1.82, 2.24) is 19.9 Å². The molecule has 6 nitrogen and oxygen atoms in total. The van der Waals surface area contributed by atoms with E-state index < -0.39 is 0 Å². The Labute approximate surface area is 185 Å². The van der Waals surface area contributed by atoms with Gasteiger partial charge in [-0.05, 0) is 60.0 Å². The molecule has 1 amide bonds. The van der Waals surface area contributed by atoms with Gasteiger partial charge in [0.15, 0.2) is 0 Å². The zero-order valence-corrected chi connectivity index (χ0v) is 17.9. The fourth-order valence-corrected chi connectivity index (χ4v) is 3.64. The van der Waals surface area contributed by atoms with Crippen LogP contribution in [0.25, 0.3) is 22.0 Å². The number of ether oxygens (including phenoxy) is 1. The molecule has 4 aromatic rings. The molecule has 0 N–H and O–H groups in total. The van der Waals surface area contributed by atoms with E-state index in [1.807, 2.05) is 19.1 Å². The Balaban J connectivity index is 1.77. The maximum atomic E-state index is 13.7. The van der Waals surface area contributed by atoms with Gasteiger partial charge in [-0.1, -0.05) is 12.1 Å². The summed E-state index contributed by atoms with van der Waals surface area (Å²) in [6, 6.07) is 13.3. The highest BCUT2D eigenvalue weighted by Gasteiger charge is 2.24. The molecule has 1 atom stereocenters. The molecular formula is C25H23FN4O2. The van der Waals surface area contributed by atoms with Crippen LogP contribution < -0.4 is 0 Å². The van der Waals surface area contributed by atoms with Gasteiger partial charge < -0.3 is 9.64 Å². The van der Waals surface area contributed by atoms with Gasteiger partial charge in [0, 0.05) is 43.8 Å². The van der Waals surface area contributed by atoms with E-state index in [0.717, 1.165) is 22.1 Å². The molecule has 0 saturated heterocycles. The Morgan fingerprint density at radius 2 is 1.78 bits per heavy atom. The number of halogens is 1. The SMILES string of the molecule is COC[C@@H](C)N(Cc1ccc(F)cc1)C(=O)c1cc(-c2ccncc2)c2cnccc2n1. The smallest absolute Gasteiger partial charge is 0.273 e. The number of methoxy groups -OCH3 is 1. The van der Waals surface area contributed by atoms with Gasteiger partial charge in [0.1, 0.15) is 11.5 Å². The summed E-state index contributed by atoms with van der Waals surface area (Å²) in [5, 5.41) is 0.852. The summed E-state index contributed by atoms with van der Waals surface area (Å²) in [7, 11) is 1.60. The van der Waals surface area contributed by atoms with Crippen LogP contribution in [0.1, 0.15) is 23.0 Å². The molecule has 1 aromatic carbocycles. The first-order chi connectivity index (χ1) is 15.6. The number of fused-ring (bicyclic) bond motifs is 1. The van der Waals surface area contributed by atoms with Crippen molar-refractivity contribution >= 4 is 16.8 Å². The molecule has 0 bridgehead atoms. The van der Waals surface area contributed by atoms with Gasteiger partial charge in [0.25, 0.3) is 5.91 Å². The topological polar surface area (TPSA) is 68.2 Å². The molecule has 0 aliphatic carbocycles. The number of nitrogens with zero attached hydrogens (tertiary/aromatic N) is 4. The van der Waals surface area contributed by atoms with Crippen LogP contribution in [0.3, 0.4) is 0 Å². The van der Waals surface area contributed by atoms with Crippen LogP contribution in [0.15, 0.2) is 73.3 Å². The average molecular weight is 430 g/mol. The van der Waals surface area contributed by atoms with Gasteiger partial charge in [0.05, 0.1) is 18.2 Å². The van der Waals surface area contributed by atoms with Crippen LogP contribution in [-0.4, -0.2) is 45.5 Å². The minimum Gasteiger partial charge on any atom is -0.383 e. The van der Waals surface area contributed by atoms with Crippen LogP contribution in [0, 0.1) is 5.82 Å². The number of carbonyl (C=O) groups excluding carboxylic acids is 1. The van der Waals surface area contributed by atoms with Gasteiger partial charge in [0.2, 0.25) is 0 Å². The van der Waals surface area contributed by atoms with Crippen molar-refractivity contribution in [3.8, 4) is 11.1 Å². The molecule has 0 unspecified atom stereocenters. The summed E-state index contributed by atoms with van der Waals surface area (Å²) in [5.41, 5.74) is 3.60. The molecular weight excluding hydrogens is 407 g/mol. The maximum Gasteiger partial charge on any atom is 0.273 e. The van der Waals surface area contributed by atoms with E-state index in [0.29, 0.717) is 24.4 Å². The summed E-state index contributed by atoms with van der Waals surface area (Å²) < 4.78 is 18.7. The highest BCUT2D eigenvalue weighted by molar-refractivity contribution is 6.01. The summed E-state index contributed by atoms with van der Waals surface area (Å²) in [6.07, 6.45) is 6.82. The Morgan fingerprint density at radius 3 is 2.50 bits per heavy atom. The number of pyridine rings is 3. The molecule has 32 heavy (non-hydrogen) atoms. The van der Waals surface area contributed by atoms with Crippen molar-refractivity contribution in [1.29, 1.82) is 0 Å². The third-order valence-electron chi connectivity index (χ3n) is 5.29. The minimum atomic E-state index is -0.316. The van der Waals surface area contributed by atoms with Gasteiger partial charge >= 0.3 is 0 Å². The Hall–Kier alpha value is -3.71. The first kappa shape index (κ1) is 21.5. The van der Waals surface area contributed by atoms with Crippen LogP contribution in [0.4, 0.5) is 4.39 Å². The Bertz CT molecular complexity index is 1220. The van der Waals surface area contributed by atoms with Gasteiger partial charge in [-0.3, -0.25) is 14.8 Å². The number of amides is 1. The maximum absolute atomic E-state index is 13.7. The van der Waals surface area contributed by atoms with Crippen molar-refractivity contribution < 1.29 is 13.9 Å². The fraction of sp³-hybridized carbons (Fsp3) is 0.200. The molecule has 0 saturated carbocycles. The third kappa shape index (κ3) is 4.63. The van der Waals surface area contributed by atoms with E-state index in [1.54, 1.807) is 61.1 Å². The fourth-order valence-electron chi connectivity index (χ4n) is 3.64. The molecule has 0 aliphatic rings. The molecule has 4 rings (SSSR count).